The van der Waals surface area contributed by atoms with Gasteiger partial charge in [-0.3, -0.25) is 38.5 Å². The van der Waals surface area contributed by atoms with Gasteiger partial charge in [0.25, 0.3) is 31.4 Å². The lowest BCUT2D eigenvalue weighted by Crippen LogP contribution is -2.38. The number of thioether (sulfide) groups is 7. The Morgan fingerprint density at radius 1 is 0.342 bits per heavy atom. The molecule has 0 spiro atoms. The SMILES string of the molecule is Cc1nc(SC(=O)C2CCCCCC2)ns1.Cc1nc(SC(=O)N(C)C)ns1.Cc1nc(SC(=O)N(C)c2ccccc2)ns1.Cc1nc(SC(=O)N(c2ccccc2)c2ccccc2)ns1.Cc1nc(SC(=O)N2CCCC2)ns1.Cc1nc(SC(=O)N2CCCCC2)ns1.Cc1nc(SC(=O)N2CCOCC2)ns1. The molecule has 0 atom stereocenters. The van der Waals surface area contributed by atoms with Crippen LogP contribution < -0.4 is 9.80 Å². The predicted molar refractivity (Wildman–Crippen MR) is 454 cm³/mol. The first kappa shape index (κ1) is 90.0. The molecule has 0 unspecified atom stereocenters. The number of aromatic nitrogens is 14. The zero-order valence-electron chi connectivity index (χ0n) is 62.6. The van der Waals surface area contributed by atoms with Crippen molar-refractivity contribution in [3.8, 4) is 0 Å². The Kier molecular flexibility index (Phi) is 39.4. The Morgan fingerprint density at radius 3 is 0.946 bits per heavy atom. The summed E-state index contributed by atoms with van der Waals surface area (Å²) in [5, 5.41) is 10.3. The van der Waals surface area contributed by atoms with E-state index in [0.29, 0.717) is 62.4 Å². The zero-order valence-corrected chi connectivity index (χ0v) is 74.0. The molecule has 3 aromatic carbocycles. The number of carbonyl (C=O) groups is 7. The first-order chi connectivity index (χ1) is 53.5. The fourth-order valence-electron chi connectivity index (χ4n) is 9.80. The average Bonchev–Trinajstić information content (AvgIpc) is 1.26. The Morgan fingerprint density at radius 2 is 0.622 bits per heavy atom. The van der Waals surface area contributed by atoms with E-state index in [-0.39, 0.29) is 42.5 Å². The van der Waals surface area contributed by atoms with Crippen molar-refractivity contribution < 1.29 is 38.3 Å². The number of hydrogen-bond acceptors (Lipinski definition) is 36. The third kappa shape index (κ3) is 32.7. The van der Waals surface area contributed by atoms with Crippen molar-refractivity contribution in [3.63, 3.8) is 0 Å². The van der Waals surface area contributed by atoms with Gasteiger partial charge >= 0.3 is 0 Å². The molecule has 28 nitrogen and oxygen atoms in total. The fraction of sp³-hybridized carbons (Fsp3) is 0.435. The van der Waals surface area contributed by atoms with E-state index in [1.807, 2.05) is 149 Å². The molecule has 10 heterocycles. The molecule has 42 heteroatoms. The largest absolute Gasteiger partial charge is 0.378 e. The highest BCUT2D eigenvalue weighted by atomic mass is 32.2. The summed E-state index contributed by atoms with van der Waals surface area (Å²) >= 11 is 17.0. The van der Waals surface area contributed by atoms with Crippen molar-refractivity contribution >= 4 is 217 Å². The molecule has 0 N–H and O–H groups in total. The van der Waals surface area contributed by atoms with Crippen molar-refractivity contribution in [2.45, 2.75) is 155 Å². The van der Waals surface area contributed by atoms with E-state index in [1.54, 1.807) is 35.8 Å². The van der Waals surface area contributed by atoms with Gasteiger partial charge in [-0.2, -0.15) is 30.6 Å². The summed E-state index contributed by atoms with van der Waals surface area (Å²) in [6, 6.07) is 28.6. The lowest BCUT2D eigenvalue weighted by Gasteiger charge is -2.25. The van der Waals surface area contributed by atoms with E-state index in [1.165, 1.54) is 129 Å². The van der Waals surface area contributed by atoms with Gasteiger partial charge in [0.2, 0.25) is 36.1 Å². The van der Waals surface area contributed by atoms with Gasteiger partial charge in [-0.1, -0.05) is 80.3 Å². The van der Waals surface area contributed by atoms with Crippen molar-refractivity contribution in [2.24, 2.45) is 5.92 Å². The van der Waals surface area contributed by atoms with E-state index >= 15 is 0 Å². The number of para-hydroxylation sites is 3. The Balaban J connectivity index is 0.000000164. The number of likely N-dealkylation sites (tertiary alicyclic amines) is 2. The highest BCUT2D eigenvalue weighted by molar-refractivity contribution is 8.15. The van der Waals surface area contributed by atoms with Crippen LogP contribution >= 0.6 is 163 Å². The number of nitrogens with zero attached hydrogens (tertiary/aromatic N) is 20. The molecule has 0 radical (unpaired) electrons. The number of piperidine rings is 1. The lowest BCUT2D eigenvalue weighted by atomic mass is 10.0. The van der Waals surface area contributed by atoms with E-state index in [2.05, 4.69) is 65.5 Å². The predicted octanol–water partition coefficient (Wildman–Crippen LogP) is 19.2. The molecule has 4 fully saturated rings. The van der Waals surface area contributed by atoms with Crippen molar-refractivity contribution in [1.82, 2.24) is 85.1 Å². The minimum absolute atomic E-state index is 0.0103. The zero-order chi connectivity index (χ0) is 79.4. The number of rotatable bonds is 11. The first-order valence-electron chi connectivity index (χ1n) is 34.9. The summed E-state index contributed by atoms with van der Waals surface area (Å²) in [5.74, 6) is 0.233. The summed E-state index contributed by atoms with van der Waals surface area (Å²) in [6.45, 7) is 19.3. The van der Waals surface area contributed by atoms with Crippen molar-refractivity contribution in [1.29, 1.82) is 0 Å². The molecule has 592 valence electrons. The topological polar surface area (TPSA) is 329 Å². The second-order valence-electron chi connectivity index (χ2n) is 24.1. The minimum Gasteiger partial charge on any atom is -0.378 e. The normalized spacial score (nSPS) is 13.9. The lowest BCUT2D eigenvalue weighted by molar-refractivity contribution is -0.114. The third-order valence-corrected chi connectivity index (χ3v) is 26.1. The fourth-order valence-corrected chi connectivity index (χ4v) is 19.1. The van der Waals surface area contributed by atoms with Gasteiger partial charge in [0.1, 0.15) is 35.1 Å². The van der Waals surface area contributed by atoms with Crippen LogP contribution in [0.5, 0.6) is 0 Å². The number of amides is 6. The number of morpholine rings is 1. The van der Waals surface area contributed by atoms with Gasteiger partial charge in [-0.05, 0) is 222 Å². The second kappa shape index (κ2) is 48.6. The smallest absolute Gasteiger partial charge is 0.298 e. The summed E-state index contributed by atoms with van der Waals surface area (Å²) in [7, 11) is 5.15. The van der Waals surface area contributed by atoms with Gasteiger partial charge in [0.05, 0.1) is 13.2 Å². The third-order valence-electron chi connectivity index (χ3n) is 15.3. The van der Waals surface area contributed by atoms with Crippen LogP contribution in [-0.2, 0) is 9.53 Å². The minimum atomic E-state index is -0.129. The van der Waals surface area contributed by atoms with Crippen LogP contribution in [0.4, 0.5) is 45.8 Å². The molecule has 14 rings (SSSR count). The molecule has 3 aliphatic heterocycles. The molecule has 4 aliphatic rings. The van der Waals surface area contributed by atoms with Crippen LogP contribution in [-0.4, -0.2) is 195 Å². The molecular weight excluding hydrogens is 1690 g/mol. The molecule has 6 amide bonds. The van der Waals surface area contributed by atoms with Crippen LogP contribution in [0.15, 0.2) is 127 Å². The Bertz CT molecular complexity index is 4380. The van der Waals surface area contributed by atoms with Crippen LogP contribution in [0.2, 0.25) is 0 Å². The van der Waals surface area contributed by atoms with Crippen molar-refractivity contribution in [3.05, 3.63) is 126 Å². The van der Waals surface area contributed by atoms with Gasteiger partial charge in [0, 0.05) is 154 Å². The Labute approximate surface area is 704 Å². The molecular formula is C69H84N20O8S14. The van der Waals surface area contributed by atoms with Crippen LogP contribution in [0, 0.1) is 54.4 Å². The molecule has 7 aromatic heterocycles. The van der Waals surface area contributed by atoms with Gasteiger partial charge in [-0.25, -0.2) is 34.9 Å². The van der Waals surface area contributed by atoms with Gasteiger partial charge in [-0.15, -0.1) is 0 Å². The molecule has 10 aromatic rings. The molecule has 111 heavy (non-hydrogen) atoms. The number of benzene rings is 3. The first-order valence-corrected chi connectivity index (χ1v) is 46.0. The van der Waals surface area contributed by atoms with Gasteiger partial charge in [0.15, 0.2) is 5.12 Å². The average molecular weight is 1770 g/mol. The number of hydrogen-bond donors (Lipinski definition) is 0. The van der Waals surface area contributed by atoms with Gasteiger partial charge < -0.3 is 29.2 Å². The van der Waals surface area contributed by atoms with E-state index < -0.39 is 0 Å². The standard InChI is InChI=1S/C16H13N3OS2.C11H11N3OS2.C11H16N2OS2.C9H13N3OS2.C8H11N3O2S2.C8H11N3OS2.C6H9N3OS2/c1-12-17-15(18-22-12)21-16(20)19(13-8-4-2-5-9-13)14-10-6-3-7-11-14;1-8-12-10(13-17-8)16-11(15)14(2)9-6-4-3-5-7-9;1-8-12-11(13-16-8)15-10(14)9-6-4-2-3-5-7-9;1-7-10-8(11-15-7)14-9(13)12-5-3-2-4-6-12;1-6-9-7(10-15-6)14-8(12)11-2-4-13-5-3-11;1-6-9-7(10-14-6)13-8(12)11-4-2-3-5-11;1-4-7-5(8-12-4)11-6(10)9(2)3/h2-11H,1H3;3-7H,1-2H3;9H,2-7H2,1H3;2-6H2,1H3;2-5H2,1H3;2-5H2,1H3;1-3H3. The maximum Gasteiger partial charge on any atom is 0.298 e. The van der Waals surface area contributed by atoms with E-state index in [0.717, 1.165) is 187 Å². The highest BCUT2D eigenvalue weighted by Crippen LogP contribution is 2.34. The number of carbonyl (C=O) groups excluding carboxylic acids is 7. The molecule has 0 bridgehead atoms. The van der Waals surface area contributed by atoms with Crippen LogP contribution in [0.25, 0.3) is 0 Å². The summed E-state index contributed by atoms with van der Waals surface area (Å²) < 4.78 is 33.8. The maximum absolute atomic E-state index is 12.7. The molecule has 1 saturated carbocycles. The van der Waals surface area contributed by atoms with E-state index in [4.69, 9.17) is 4.74 Å². The quantitative estimate of drug-likeness (QED) is 0.0857. The number of aryl methyl sites for hydroxylation is 7. The summed E-state index contributed by atoms with van der Waals surface area (Å²) in [6.07, 6.45) is 12.8. The van der Waals surface area contributed by atoms with Crippen molar-refractivity contribution in [2.75, 3.05) is 83.4 Å². The molecule has 3 saturated heterocycles. The second-order valence-corrected chi connectivity index (χ2v) is 37.3. The monoisotopic (exact) mass is 1770 g/mol. The van der Waals surface area contributed by atoms with Crippen LogP contribution in [0.3, 0.4) is 0 Å². The summed E-state index contributed by atoms with van der Waals surface area (Å²) in [4.78, 5) is 122. The van der Waals surface area contributed by atoms with E-state index in [9.17, 15) is 33.6 Å². The molecule has 1 aliphatic carbocycles. The summed E-state index contributed by atoms with van der Waals surface area (Å²) in [5.41, 5.74) is 2.49. The number of ether oxygens (including phenoxy) is 1. The highest BCUT2D eigenvalue weighted by Gasteiger charge is 2.26. The number of anilines is 3. The Hall–Kier alpha value is -6.52. The van der Waals surface area contributed by atoms with Crippen LogP contribution in [0.1, 0.15) is 106 Å². The maximum atomic E-state index is 12.7.